The molecule has 8 aromatic carbocycles. The molecule has 1 aliphatic carbocycles. The molecule has 5 heteroatoms. The minimum atomic E-state index is -0.0447. The summed E-state index contributed by atoms with van der Waals surface area (Å²) in [4.78, 5) is 15.5. The summed E-state index contributed by atoms with van der Waals surface area (Å²) in [5.74, 6) is 2.88. The number of allylic oxidation sites excluding steroid dienone is 2. The van der Waals surface area contributed by atoms with Crippen LogP contribution < -0.4 is 4.74 Å². The van der Waals surface area contributed by atoms with Gasteiger partial charge in [-0.3, -0.25) is 0 Å². The molecule has 0 radical (unpaired) electrons. The van der Waals surface area contributed by atoms with E-state index in [4.69, 9.17) is 24.1 Å². The lowest BCUT2D eigenvalue weighted by Crippen LogP contribution is -2.19. The van der Waals surface area contributed by atoms with E-state index in [2.05, 4.69) is 158 Å². The lowest BCUT2D eigenvalue weighted by atomic mass is 9.80. The van der Waals surface area contributed by atoms with E-state index in [0.717, 1.165) is 71.8 Å². The van der Waals surface area contributed by atoms with Gasteiger partial charge < -0.3 is 9.15 Å². The molecule has 0 spiro atoms. The topological polar surface area (TPSA) is 61.0 Å². The van der Waals surface area contributed by atoms with Crippen LogP contribution in [0.3, 0.4) is 0 Å². The molecule has 0 fully saturated rings. The zero-order valence-corrected chi connectivity index (χ0v) is 32.4. The first kappa shape index (κ1) is 34.2. The number of hydrogen-bond donors (Lipinski definition) is 0. The minimum Gasteiger partial charge on any atom is -0.485 e. The summed E-state index contributed by atoms with van der Waals surface area (Å²) < 4.78 is 12.9. The number of para-hydroxylation sites is 1. The zero-order chi connectivity index (χ0) is 39.6. The Morgan fingerprint density at radius 1 is 0.433 bits per heavy atom. The van der Waals surface area contributed by atoms with Crippen LogP contribution in [0.25, 0.3) is 94.7 Å². The van der Waals surface area contributed by atoms with Crippen molar-refractivity contribution in [1.29, 1.82) is 0 Å². The van der Waals surface area contributed by atoms with Crippen molar-refractivity contribution in [2.75, 3.05) is 0 Å². The molecule has 10 aromatic rings. The summed E-state index contributed by atoms with van der Waals surface area (Å²) in [5, 5.41) is 4.26. The number of nitrogens with zero attached hydrogens (tertiary/aromatic N) is 3. The highest BCUT2D eigenvalue weighted by Gasteiger charge is 2.37. The molecule has 5 nitrogen and oxygen atoms in total. The maximum Gasteiger partial charge on any atom is 0.164 e. The Morgan fingerprint density at radius 3 is 1.83 bits per heavy atom. The van der Waals surface area contributed by atoms with Gasteiger partial charge in [-0.05, 0) is 80.6 Å². The van der Waals surface area contributed by atoms with Gasteiger partial charge in [0.2, 0.25) is 0 Å². The van der Waals surface area contributed by atoms with Crippen LogP contribution in [0, 0.1) is 0 Å². The van der Waals surface area contributed by atoms with Crippen molar-refractivity contribution in [3.63, 3.8) is 0 Å². The van der Waals surface area contributed by atoms with E-state index in [9.17, 15) is 0 Å². The highest BCUT2D eigenvalue weighted by atomic mass is 16.5. The maximum absolute atomic E-state index is 6.57. The highest BCUT2D eigenvalue weighted by Crippen LogP contribution is 2.49. The van der Waals surface area contributed by atoms with Crippen molar-refractivity contribution >= 4 is 38.3 Å². The van der Waals surface area contributed by atoms with E-state index >= 15 is 0 Å². The summed E-state index contributed by atoms with van der Waals surface area (Å²) in [7, 11) is 0. The van der Waals surface area contributed by atoms with Crippen LogP contribution in [0.15, 0.2) is 205 Å². The van der Waals surface area contributed by atoms with Crippen molar-refractivity contribution in [2.45, 2.75) is 12.0 Å². The van der Waals surface area contributed by atoms with Gasteiger partial charge in [-0.1, -0.05) is 164 Å². The normalized spacial score (nSPS) is 15.5. The first-order chi connectivity index (χ1) is 29.7. The van der Waals surface area contributed by atoms with Crippen LogP contribution in [-0.4, -0.2) is 21.1 Å². The molecule has 2 atom stereocenters. The van der Waals surface area contributed by atoms with Crippen LogP contribution in [0.4, 0.5) is 0 Å². The predicted molar refractivity (Wildman–Crippen MR) is 243 cm³/mol. The van der Waals surface area contributed by atoms with E-state index in [1.165, 1.54) is 22.3 Å². The number of fused-ring (bicyclic) bond motifs is 7. The van der Waals surface area contributed by atoms with E-state index in [1.807, 2.05) is 42.5 Å². The Balaban J connectivity index is 0.933. The molecule has 60 heavy (non-hydrogen) atoms. The molecule has 2 aliphatic rings. The first-order valence-electron chi connectivity index (χ1n) is 20.3. The molecule has 0 saturated carbocycles. The Labute approximate surface area is 346 Å². The van der Waals surface area contributed by atoms with Gasteiger partial charge in [-0.25, -0.2) is 15.0 Å². The lowest BCUT2D eigenvalue weighted by Gasteiger charge is -2.23. The molecule has 2 unspecified atom stereocenters. The quantitative estimate of drug-likeness (QED) is 0.169. The second-order valence-electron chi connectivity index (χ2n) is 15.5. The first-order valence-corrected chi connectivity index (χ1v) is 20.3. The van der Waals surface area contributed by atoms with E-state index < -0.39 is 0 Å². The lowest BCUT2D eigenvalue weighted by molar-refractivity contribution is 0.272. The van der Waals surface area contributed by atoms with Gasteiger partial charge in [0, 0.05) is 33.0 Å². The molecular weight excluding hydrogens is 735 g/mol. The minimum absolute atomic E-state index is 0.0447. The number of ether oxygens (including phenoxy) is 1. The van der Waals surface area contributed by atoms with Gasteiger partial charge in [0.05, 0.1) is 5.92 Å². The second kappa shape index (κ2) is 13.9. The van der Waals surface area contributed by atoms with Gasteiger partial charge in [0.1, 0.15) is 23.0 Å². The summed E-state index contributed by atoms with van der Waals surface area (Å²) in [5.41, 5.74) is 12.7. The Hall–Kier alpha value is -7.89. The van der Waals surface area contributed by atoms with Gasteiger partial charge in [-0.2, -0.15) is 0 Å². The van der Waals surface area contributed by atoms with Crippen molar-refractivity contribution in [3.8, 4) is 62.2 Å². The summed E-state index contributed by atoms with van der Waals surface area (Å²) in [6, 6.07) is 63.4. The van der Waals surface area contributed by atoms with E-state index in [0.29, 0.717) is 17.5 Å². The van der Waals surface area contributed by atoms with Crippen molar-refractivity contribution in [3.05, 3.63) is 211 Å². The molecule has 282 valence electrons. The average Bonchev–Trinajstić information content (AvgIpc) is 3.90. The Morgan fingerprint density at radius 2 is 1.03 bits per heavy atom. The largest absolute Gasteiger partial charge is 0.485 e. The zero-order valence-electron chi connectivity index (χ0n) is 32.4. The van der Waals surface area contributed by atoms with Gasteiger partial charge in [0.15, 0.2) is 17.5 Å². The van der Waals surface area contributed by atoms with Crippen LogP contribution in [0.5, 0.6) is 5.75 Å². The van der Waals surface area contributed by atoms with Gasteiger partial charge >= 0.3 is 0 Å². The van der Waals surface area contributed by atoms with Crippen molar-refractivity contribution in [1.82, 2.24) is 15.0 Å². The Bertz CT molecular complexity index is 3350. The standard InChI is InChI=1S/C55H35N3O2/c1-3-11-34(12-4-1)36-21-23-37(24-22-36)53-56-54(58-55(57-53)46-17-10-20-49-52(46)44-15-7-8-18-47(44)59-49)42-28-26-38-31-41(27-25-39(38)32-42)43-16-9-19-48-51(43)45-30-29-40(33-50(45)60-48)35-13-5-2-6-14-35/h1-33,48,51H. The van der Waals surface area contributed by atoms with Gasteiger partial charge in [-0.15, -0.1) is 0 Å². The third kappa shape index (κ3) is 5.82. The Kier molecular flexibility index (Phi) is 7.91. The third-order valence-electron chi connectivity index (χ3n) is 11.9. The van der Waals surface area contributed by atoms with Crippen molar-refractivity contribution < 1.29 is 9.15 Å². The smallest absolute Gasteiger partial charge is 0.164 e. The van der Waals surface area contributed by atoms with Crippen LogP contribution in [0.1, 0.15) is 17.0 Å². The molecule has 3 heterocycles. The second-order valence-corrected chi connectivity index (χ2v) is 15.5. The summed E-state index contributed by atoms with van der Waals surface area (Å²) in [6.07, 6.45) is 6.50. The molecule has 0 bridgehead atoms. The third-order valence-corrected chi connectivity index (χ3v) is 11.9. The molecule has 0 N–H and O–H groups in total. The summed E-state index contributed by atoms with van der Waals surface area (Å²) >= 11 is 0. The molecule has 0 amide bonds. The molecule has 1 aliphatic heterocycles. The van der Waals surface area contributed by atoms with Crippen LogP contribution in [0.2, 0.25) is 0 Å². The highest BCUT2D eigenvalue weighted by molar-refractivity contribution is 6.11. The number of benzene rings is 8. The molecule has 2 aromatic heterocycles. The maximum atomic E-state index is 6.57. The van der Waals surface area contributed by atoms with E-state index in [-0.39, 0.29) is 12.0 Å². The monoisotopic (exact) mass is 769 g/mol. The SMILES string of the molecule is C1=CC2Oc3cc(-c4ccccc4)ccc3C2C(c2ccc3cc(-c4nc(-c5ccc(-c6ccccc6)cc5)nc(-c5cccc6oc7ccccc7c56)n4)ccc3c2)=C1. The van der Waals surface area contributed by atoms with Crippen LogP contribution in [-0.2, 0) is 0 Å². The van der Waals surface area contributed by atoms with Gasteiger partial charge in [0.25, 0.3) is 0 Å². The van der Waals surface area contributed by atoms with Crippen LogP contribution >= 0.6 is 0 Å². The fourth-order valence-electron chi connectivity index (χ4n) is 8.96. The number of rotatable bonds is 6. The number of furan rings is 1. The fraction of sp³-hybridized carbons (Fsp3) is 0.0364. The fourth-order valence-corrected chi connectivity index (χ4v) is 8.96. The summed E-state index contributed by atoms with van der Waals surface area (Å²) in [6.45, 7) is 0. The molecule has 12 rings (SSSR count). The van der Waals surface area contributed by atoms with E-state index in [1.54, 1.807) is 0 Å². The number of aromatic nitrogens is 3. The number of hydrogen-bond acceptors (Lipinski definition) is 5. The average molecular weight is 770 g/mol. The predicted octanol–water partition coefficient (Wildman–Crippen LogP) is 13.8. The molecular formula is C55H35N3O2. The van der Waals surface area contributed by atoms with Crippen molar-refractivity contribution in [2.24, 2.45) is 0 Å². The molecule has 0 saturated heterocycles.